The summed E-state index contributed by atoms with van der Waals surface area (Å²) < 4.78 is 0. The van der Waals surface area contributed by atoms with E-state index in [9.17, 15) is 0 Å². The fourth-order valence-electron chi connectivity index (χ4n) is 2.17. The molecule has 0 aliphatic heterocycles. The zero-order valence-corrected chi connectivity index (χ0v) is 15.9. The number of H-pyrrole nitrogens is 2. The molecule has 4 rings (SSSR count). The zero-order chi connectivity index (χ0) is 17.8. The van der Waals surface area contributed by atoms with E-state index in [1.165, 1.54) is 35.3 Å². The molecule has 3 heterocycles. The quantitative estimate of drug-likeness (QED) is 0.286. The van der Waals surface area contributed by atoms with Gasteiger partial charge in [-0.25, -0.2) is 9.97 Å². The van der Waals surface area contributed by atoms with Gasteiger partial charge in [-0.05, 0) is 35.3 Å². The second-order valence-electron chi connectivity index (χ2n) is 4.88. The van der Waals surface area contributed by atoms with Crippen LogP contribution in [-0.4, -0.2) is 47.0 Å². The summed E-state index contributed by atoms with van der Waals surface area (Å²) in [5.41, 5.74) is 1.96. The van der Waals surface area contributed by atoms with Crippen molar-refractivity contribution < 1.29 is 0 Å². The number of nitrogens with zero attached hydrogens (tertiary/aromatic N) is 6. The van der Waals surface area contributed by atoms with Crippen molar-refractivity contribution in [1.82, 2.24) is 40.8 Å². The number of hydrogen-bond acceptors (Lipinski definition) is 9. The monoisotopic (exact) mass is 400 g/mol. The Morgan fingerprint density at radius 1 is 0.808 bits per heavy atom. The fourth-order valence-corrected chi connectivity index (χ4v) is 4.39. The number of hydrogen-bond donors (Lipinski definition) is 2. The van der Waals surface area contributed by atoms with Crippen LogP contribution >= 0.6 is 35.3 Å². The van der Waals surface area contributed by atoms with Gasteiger partial charge in [-0.2, -0.15) is 20.6 Å². The van der Waals surface area contributed by atoms with E-state index in [1.54, 1.807) is 12.4 Å². The lowest BCUT2D eigenvalue weighted by Crippen LogP contribution is -1.97. The first kappa shape index (κ1) is 17.1. The lowest BCUT2D eigenvalue weighted by Gasteiger charge is -2.13. The van der Waals surface area contributed by atoms with Crippen LogP contribution in [0.4, 0.5) is 0 Å². The van der Waals surface area contributed by atoms with E-state index in [-0.39, 0.29) is 0 Å². The molecular formula is C15H12N8S3. The predicted octanol–water partition coefficient (Wildman–Crippen LogP) is 3.40. The van der Waals surface area contributed by atoms with Crippen molar-refractivity contribution in [3.63, 3.8) is 0 Å². The first-order chi connectivity index (χ1) is 12.8. The van der Waals surface area contributed by atoms with Gasteiger partial charge in [0.15, 0.2) is 5.16 Å². The third-order valence-electron chi connectivity index (χ3n) is 3.26. The van der Waals surface area contributed by atoms with Gasteiger partial charge >= 0.3 is 0 Å². The normalized spacial score (nSPS) is 11.0. The molecule has 0 bridgehead atoms. The van der Waals surface area contributed by atoms with Crippen molar-refractivity contribution in [2.24, 2.45) is 0 Å². The van der Waals surface area contributed by atoms with Crippen LogP contribution in [0.5, 0.6) is 0 Å². The number of thioether (sulfide) groups is 1. The SMILES string of the molecule is CSc1nc(Sc2cn[nH]n2)c(-c2ccccc2)c(Sc2cn[nH]n2)n1. The van der Waals surface area contributed by atoms with Gasteiger partial charge in [0.25, 0.3) is 0 Å². The standard InChI is InChI=1S/C15H12N8S3/c1-24-15-18-13(25-10-7-16-22-20-10)12(9-5-3-2-4-6-9)14(19-15)26-11-8-17-23-21-11/h2-8H,1H3,(H,16,20,22)(H,17,21,23). The maximum Gasteiger partial charge on any atom is 0.189 e. The molecule has 26 heavy (non-hydrogen) atoms. The third kappa shape index (κ3) is 3.74. The molecule has 11 heteroatoms. The van der Waals surface area contributed by atoms with Gasteiger partial charge in [-0.3, -0.25) is 0 Å². The highest BCUT2D eigenvalue weighted by atomic mass is 32.2. The van der Waals surface area contributed by atoms with Gasteiger partial charge in [0.05, 0.1) is 12.4 Å². The number of nitrogens with one attached hydrogen (secondary N) is 2. The molecule has 0 saturated carbocycles. The molecule has 0 spiro atoms. The number of rotatable bonds is 6. The van der Waals surface area contributed by atoms with Crippen LogP contribution in [0.15, 0.2) is 68.0 Å². The molecule has 3 aromatic heterocycles. The molecule has 0 aliphatic carbocycles. The molecule has 8 nitrogen and oxygen atoms in total. The van der Waals surface area contributed by atoms with E-state index in [0.717, 1.165) is 31.2 Å². The summed E-state index contributed by atoms with van der Waals surface area (Å²) in [6, 6.07) is 10.0. The minimum atomic E-state index is 0.682. The molecular weight excluding hydrogens is 388 g/mol. The Morgan fingerprint density at radius 3 is 1.85 bits per heavy atom. The Morgan fingerprint density at radius 2 is 1.38 bits per heavy atom. The molecule has 4 aromatic rings. The zero-order valence-electron chi connectivity index (χ0n) is 13.4. The van der Waals surface area contributed by atoms with Gasteiger partial charge in [-0.15, -0.1) is 10.2 Å². The summed E-state index contributed by atoms with van der Waals surface area (Å²) in [6.07, 6.45) is 5.29. The summed E-state index contributed by atoms with van der Waals surface area (Å²) >= 11 is 4.38. The summed E-state index contributed by atoms with van der Waals surface area (Å²) in [7, 11) is 0. The highest BCUT2D eigenvalue weighted by Crippen LogP contribution is 2.41. The van der Waals surface area contributed by atoms with Crippen LogP contribution < -0.4 is 0 Å². The smallest absolute Gasteiger partial charge is 0.189 e. The van der Waals surface area contributed by atoms with Crippen molar-refractivity contribution in [3.8, 4) is 11.1 Å². The average Bonchev–Trinajstić information content (AvgIpc) is 3.36. The van der Waals surface area contributed by atoms with Crippen LogP contribution in [0.3, 0.4) is 0 Å². The van der Waals surface area contributed by atoms with Crippen molar-refractivity contribution in [3.05, 3.63) is 42.7 Å². The summed E-state index contributed by atoms with van der Waals surface area (Å²) in [4.78, 5) is 9.42. The van der Waals surface area contributed by atoms with E-state index >= 15 is 0 Å². The van der Waals surface area contributed by atoms with Crippen molar-refractivity contribution in [1.29, 1.82) is 0 Å². The van der Waals surface area contributed by atoms with E-state index in [2.05, 4.69) is 30.8 Å². The Kier molecular flexibility index (Phi) is 5.18. The largest absolute Gasteiger partial charge is 0.215 e. The molecule has 130 valence electrons. The maximum absolute atomic E-state index is 4.71. The molecule has 0 amide bonds. The first-order valence-electron chi connectivity index (χ1n) is 7.42. The van der Waals surface area contributed by atoms with Crippen molar-refractivity contribution >= 4 is 35.3 Å². The Bertz CT molecular complexity index is 916. The summed E-state index contributed by atoms with van der Waals surface area (Å²) in [6.45, 7) is 0. The Labute approximate surface area is 161 Å². The molecule has 0 radical (unpaired) electrons. The van der Waals surface area contributed by atoms with Gasteiger partial charge < -0.3 is 0 Å². The number of benzene rings is 1. The van der Waals surface area contributed by atoms with E-state index in [1.807, 2.05) is 36.6 Å². The van der Waals surface area contributed by atoms with Crippen molar-refractivity contribution in [2.75, 3.05) is 6.26 Å². The molecule has 1 aromatic carbocycles. The Hall–Kier alpha value is -2.37. The topological polar surface area (TPSA) is 109 Å². The molecule has 0 fully saturated rings. The van der Waals surface area contributed by atoms with Crippen molar-refractivity contribution in [2.45, 2.75) is 25.3 Å². The summed E-state index contributed by atoms with van der Waals surface area (Å²) in [5, 5.41) is 25.1. The van der Waals surface area contributed by atoms with E-state index < -0.39 is 0 Å². The number of aromatic nitrogens is 8. The van der Waals surface area contributed by atoms with Gasteiger partial charge in [0.2, 0.25) is 0 Å². The van der Waals surface area contributed by atoms with Crippen LogP contribution in [0, 0.1) is 0 Å². The van der Waals surface area contributed by atoms with Gasteiger partial charge in [-0.1, -0.05) is 42.1 Å². The molecule has 0 aliphatic rings. The van der Waals surface area contributed by atoms with Gasteiger partial charge in [0.1, 0.15) is 20.1 Å². The second-order valence-corrected chi connectivity index (χ2v) is 7.67. The minimum Gasteiger partial charge on any atom is -0.215 e. The average molecular weight is 401 g/mol. The first-order valence-corrected chi connectivity index (χ1v) is 10.3. The Balaban J connectivity index is 1.87. The molecule has 0 saturated heterocycles. The third-order valence-corrected chi connectivity index (χ3v) is 5.59. The minimum absolute atomic E-state index is 0.682. The van der Waals surface area contributed by atoms with Crippen LogP contribution in [0.25, 0.3) is 11.1 Å². The molecule has 0 atom stereocenters. The van der Waals surface area contributed by atoms with Crippen LogP contribution in [0.2, 0.25) is 0 Å². The summed E-state index contributed by atoms with van der Waals surface area (Å²) in [5.74, 6) is 0. The van der Waals surface area contributed by atoms with E-state index in [4.69, 9.17) is 9.97 Å². The molecule has 0 unspecified atom stereocenters. The predicted molar refractivity (Wildman–Crippen MR) is 100 cm³/mol. The van der Waals surface area contributed by atoms with Crippen LogP contribution in [-0.2, 0) is 0 Å². The highest BCUT2D eigenvalue weighted by molar-refractivity contribution is 8.00. The number of aromatic amines is 2. The lowest BCUT2D eigenvalue weighted by atomic mass is 10.1. The van der Waals surface area contributed by atoms with Gasteiger partial charge in [0, 0.05) is 5.56 Å². The molecule has 2 N–H and O–H groups in total. The maximum atomic E-state index is 4.71. The lowest BCUT2D eigenvalue weighted by molar-refractivity contribution is 0.833. The van der Waals surface area contributed by atoms with E-state index in [0.29, 0.717) is 5.16 Å². The van der Waals surface area contributed by atoms with Crippen LogP contribution in [0.1, 0.15) is 0 Å². The fraction of sp³-hybridized carbons (Fsp3) is 0.0667. The second kappa shape index (κ2) is 7.89. The highest BCUT2D eigenvalue weighted by Gasteiger charge is 2.19.